The molecule has 21 heavy (non-hydrogen) atoms. The van der Waals surface area contributed by atoms with Crippen LogP contribution >= 0.6 is 0 Å². The molecule has 3 atom stereocenters. The number of hydrogen-bond acceptors (Lipinski definition) is 2. The lowest BCUT2D eigenvalue weighted by atomic mass is 9.78. The molecule has 3 rings (SSSR count). The van der Waals surface area contributed by atoms with E-state index in [4.69, 9.17) is 0 Å². The minimum absolute atomic E-state index is 0.00503. The summed E-state index contributed by atoms with van der Waals surface area (Å²) < 4.78 is 0. The van der Waals surface area contributed by atoms with E-state index in [1.807, 2.05) is 12.1 Å². The molecule has 4 nitrogen and oxygen atoms in total. The van der Waals surface area contributed by atoms with Crippen LogP contribution in [0.2, 0.25) is 0 Å². The summed E-state index contributed by atoms with van der Waals surface area (Å²) in [7, 11) is 0. The summed E-state index contributed by atoms with van der Waals surface area (Å²) in [6.45, 7) is 6.19. The van der Waals surface area contributed by atoms with Gasteiger partial charge in [-0.3, -0.25) is 4.90 Å². The van der Waals surface area contributed by atoms with Gasteiger partial charge in [0.15, 0.2) is 0 Å². The average molecular weight is 287 g/mol. The third-order valence-corrected chi connectivity index (χ3v) is 5.09. The van der Waals surface area contributed by atoms with Crippen molar-refractivity contribution in [2.24, 2.45) is 11.8 Å². The molecule has 0 bridgehead atoms. The summed E-state index contributed by atoms with van der Waals surface area (Å²) in [6, 6.07) is 8.81. The number of urea groups is 1. The van der Waals surface area contributed by atoms with Gasteiger partial charge in [-0.05, 0) is 42.5 Å². The quantitative estimate of drug-likeness (QED) is 0.894. The monoisotopic (exact) mass is 287 g/mol. The first kappa shape index (κ1) is 14.2. The van der Waals surface area contributed by atoms with E-state index in [0.29, 0.717) is 12.0 Å². The molecule has 1 aliphatic heterocycles. The third kappa shape index (κ3) is 2.99. The molecule has 2 amide bonds. The van der Waals surface area contributed by atoms with Crippen LogP contribution in [0.25, 0.3) is 0 Å². The van der Waals surface area contributed by atoms with Crippen molar-refractivity contribution in [2.45, 2.75) is 39.2 Å². The van der Waals surface area contributed by atoms with E-state index < -0.39 is 0 Å². The molecule has 1 aromatic carbocycles. The fourth-order valence-corrected chi connectivity index (χ4v) is 3.46. The van der Waals surface area contributed by atoms with Gasteiger partial charge in [0.25, 0.3) is 0 Å². The number of carbonyl (C=O) groups excluding carboxylic acids is 1. The molecule has 1 saturated heterocycles. The summed E-state index contributed by atoms with van der Waals surface area (Å²) in [6.07, 6.45) is 3.92. The number of nitrogens with one attached hydrogen (secondary N) is 2. The second kappa shape index (κ2) is 5.96. The van der Waals surface area contributed by atoms with E-state index in [2.05, 4.69) is 36.6 Å². The maximum Gasteiger partial charge on any atom is 0.321 e. The number of hydrogen-bond donors (Lipinski definition) is 2. The second-order valence-corrected chi connectivity index (χ2v) is 6.45. The van der Waals surface area contributed by atoms with Crippen molar-refractivity contribution < 1.29 is 4.79 Å². The molecule has 114 valence electrons. The van der Waals surface area contributed by atoms with Gasteiger partial charge in [-0.15, -0.1) is 0 Å². The molecule has 0 spiro atoms. The zero-order valence-electron chi connectivity index (χ0n) is 12.9. The van der Waals surface area contributed by atoms with Crippen LogP contribution in [0, 0.1) is 11.8 Å². The van der Waals surface area contributed by atoms with Crippen LogP contribution < -0.4 is 15.5 Å². The van der Waals surface area contributed by atoms with Crippen LogP contribution in [-0.4, -0.2) is 25.2 Å². The molecule has 1 saturated carbocycles. The first-order valence-electron chi connectivity index (χ1n) is 8.07. The Morgan fingerprint density at radius 1 is 1.19 bits per heavy atom. The maximum absolute atomic E-state index is 11.7. The van der Waals surface area contributed by atoms with Crippen LogP contribution in [0.3, 0.4) is 0 Å². The Labute approximate surface area is 126 Å². The highest BCUT2D eigenvalue weighted by Crippen LogP contribution is 2.32. The van der Waals surface area contributed by atoms with E-state index in [-0.39, 0.29) is 6.03 Å². The number of nitrogens with zero attached hydrogens (tertiary/aromatic N) is 1. The van der Waals surface area contributed by atoms with Gasteiger partial charge in [-0.1, -0.05) is 26.7 Å². The first-order chi connectivity index (χ1) is 10.1. The molecule has 3 unspecified atom stereocenters. The largest absolute Gasteiger partial charge is 0.382 e. The molecule has 4 heteroatoms. The van der Waals surface area contributed by atoms with E-state index in [1.54, 1.807) is 4.90 Å². The van der Waals surface area contributed by atoms with Gasteiger partial charge in [0.1, 0.15) is 0 Å². The maximum atomic E-state index is 11.7. The molecule has 2 aliphatic rings. The van der Waals surface area contributed by atoms with Crippen molar-refractivity contribution in [3.63, 3.8) is 0 Å². The molecule has 2 fully saturated rings. The standard InChI is InChI=1S/C17H25N3O/c1-12-4-3-5-16(13(12)2)19-14-6-8-15(9-7-14)20-11-10-18-17(20)21/h6-9,12-13,16,19H,3-5,10-11H2,1-2H3,(H,18,21). The second-order valence-electron chi connectivity index (χ2n) is 6.45. The molecule has 0 radical (unpaired) electrons. The molecule has 1 aliphatic carbocycles. The van der Waals surface area contributed by atoms with Gasteiger partial charge < -0.3 is 10.6 Å². The van der Waals surface area contributed by atoms with Crippen LogP contribution in [0.4, 0.5) is 16.2 Å². The van der Waals surface area contributed by atoms with Crippen molar-refractivity contribution in [1.29, 1.82) is 0 Å². The van der Waals surface area contributed by atoms with E-state index >= 15 is 0 Å². The molecular formula is C17H25N3O. The number of rotatable bonds is 3. The minimum atomic E-state index is 0.00503. The minimum Gasteiger partial charge on any atom is -0.382 e. The molecule has 0 aromatic heterocycles. The predicted octanol–water partition coefficient (Wildman–Crippen LogP) is 3.45. The van der Waals surface area contributed by atoms with Crippen LogP contribution in [-0.2, 0) is 0 Å². The predicted molar refractivity (Wildman–Crippen MR) is 86.8 cm³/mol. The average Bonchev–Trinajstić information content (AvgIpc) is 2.91. The van der Waals surface area contributed by atoms with Crippen LogP contribution in [0.15, 0.2) is 24.3 Å². The zero-order chi connectivity index (χ0) is 14.8. The third-order valence-electron chi connectivity index (χ3n) is 5.09. The highest BCUT2D eigenvalue weighted by molar-refractivity contribution is 5.94. The molecule has 2 N–H and O–H groups in total. The van der Waals surface area contributed by atoms with Gasteiger partial charge in [0.05, 0.1) is 0 Å². The number of amides is 2. The Bertz CT molecular complexity index is 499. The highest BCUT2D eigenvalue weighted by Gasteiger charge is 2.27. The van der Waals surface area contributed by atoms with Gasteiger partial charge in [0.2, 0.25) is 0 Å². The van der Waals surface area contributed by atoms with Gasteiger partial charge in [0, 0.05) is 30.5 Å². The normalized spacial score (nSPS) is 29.3. The van der Waals surface area contributed by atoms with Gasteiger partial charge in [-0.2, -0.15) is 0 Å². The molecule has 1 heterocycles. The summed E-state index contributed by atoms with van der Waals surface area (Å²) in [4.78, 5) is 13.4. The lowest BCUT2D eigenvalue weighted by molar-refractivity contribution is 0.252. The van der Waals surface area contributed by atoms with Crippen molar-refractivity contribution in [1.82, 2.24) is 5.32 Å². The fraction of sp³-hybridized carbons (Fsp3) is 0.588. The van der Waals surface area contributed by atoms with Crippen molar-refractivity contribution in [3.8, 4) is 0 Å². The molecular weight excluding hydrogens is 262 g/mol. The zero-order valence-corrected chi connectivity index (χ0v) is 12.9. The Hall–Kier alpha value is -1.71. The van der Waals surface area contributed by atoms with Crippen molar-refractivity contribution >= 4 is 17.4 Å². The smallest absolute Gasteiger partial charge is 0.321 e. The van der Waals surface area contributed by atoms with Gasteiger partial charge in [-0.25, -0.2) is 4.79 Å². The summed E-state index contributed by atoms with van der Waals surface area (Å²) >= 11 is 0. The van der Waals surface area contributed by atoms with E-state index in [1.165, 1.54) is 19.3 Å². The fourth-order valence-electron chi connectivity index (χ4n) is 3.46. The van der Waals surface area contributed by atoms with E-state index in [0.717, 1.165) is 30.4 Å². The van der Waals surface area contributed by atoms with E-state index in [9.17, 15) is 4.79 Å². The molecule has 1 aromatic rings. The summed E-state index contributed by atoms with van der Waals surface area (Å²) in [5.41, 5.74) is 2.13. The van der Waals surface area contributed by atoms with Crippen LogP contribution in [0.5, 0.6) is 0 Å². The number of benzene rings is 1. The number of carbonyl (C=O) groups is 1. The van der Waals surface area contributed by atoms with Crippen molar-refractivity contribution in [2.75, 3.05) is 23.3 Å². The Morgan fingerprint density at radius 2 is 1.95 bits per heavy atom. The van der Waals surface area contributed by atoms with Gasteiger partial charge >= 0.3 is 6.03 Å². The number of anilines is 2. The summed E-state index contributed by atoms with van der Waals surface area (Å²) in [5.74, 6) is 1.51. The first-order valence-corrected chi connectivity index (χ1v) is 8.07. The van der Waals surface area contributed by atoms with Crippen molar-refractivity contribution in [3.05, 3.63) is 24.3 Å². The lowest BCUT2D eigenvalue weighted by Gasteiger charge is -2.35. The summed E-state index contributed by atoms with van der Waals surface area (Å²) in [5, 5.41) is 6.50. The Morgan fingerprint density at radius 3 is 2.62 bits per heavy atom. The van der Waals surface area contributed by atoms with Crippen LogP contribution in [0.1, 0.15) is 33.1 Å². The Kier molecular flexibility index (Phi) is 4.04. The topological polar surface area (TPSA) is 44.4 Å². The SMILES string of the molecule is CC1CCCC(Nc2ccc(N3CCNC3=O)cc2)C1C. The Balaban J connectivity index is 1.65. The highest BCUT2D eigenvalue weighted by atomic mass is 16.2. The lowest BCUT2D eigenvalue weighted by Crippen LogP contribution is -2.35.